The summed E-state index contributed by atoms with van der Waals surface area (Å²) in [6, 6.07) is 14.5. The third kappa shape index (κ3) is 5.14. The van der Waals surface area contributed by atoms with Crippen molar-refractivity contribution in [2.24, 2.45) is 0 Å². The topological polar surface area (TPSA) is 95.6 Å². The summed E-state index contributed by atoms with van der Waals surface area (Å²) in [7, 11) is -2.37. The van der Waals surface area contributed by atoms with Gasteiger partial charge in [0.2, 0.25) is 21.8 Å². The quantitative estimate of drug-likeness (QED) is 0.776. The molecular formula is C18H21N3O4S. The average Bonchev–Trinajstić information content (AvgIpc) is 2.63. The second-order valence-corrected chi connectivity index (χ2v) is 7.65. The highest BCUT2D eigenvalue weighted by atomic mass is 32.2. The summed E-state index contributed by atoms with van der Waals surface area (Å²) in [5, 5.41) is 5.34. The molecule has 0 bridgehead atoms. The number of amides is 2. The molecule has 0 aliphatic heterocycles. The van der Waals surface area contributed by atoms with Crippen molar-refractivity contribution >= 4 is 33.2 Å². The maximum atomic E-state index is 12.4. The first-order valence-electron chi connectivity index (χ1n) is 8.04. The Hall–Kier alpha value is -2.71. The minimum Gasteiger partial charge on any atom is -0.326 e. The number of hydrogen-bond acceptors (Lipinski definition) is 4. The van der Waals surface area contributed by atoms with Gasteiger partial charge in [0.1, 0.15) is 0 Å². The van der Waals surface area contributed by atoms with Crippen molar-refractivity contribution in [3.8, 4) is 0 Å². The molecule has 0 fully saturated rings. The molecule has 2 amide bonds. The van der Waals surface area contributed by atoms with Gasteiger partial charge in [-0.1, -0.05) is 25.1 Å². The van der Waals surface area contributed by atoms with Gasteiger partial charge in [-0.2, -0.15) is 4.31 Å². The molecule has 0 atom stereocenters. The lowest BCUT2D eigenvalue weighted by Gasteiger charge is -2.17. The van der Waals surface area contributed by atoms with Crippen LogP contribution in [0.3, 0.4) is 0 Å². The predicted octanol–water partition coefficient (Wildman–Crippen LogP) is 2.29. The summed E-state index contributed by atoms with van der Waals surface area (Å²) in [6.45, 7) is 1.44. The SMILES string of the molecule is CCC(=O)Nc1ccc(NC(=O)CN(C)S(=O)(=O)c2ccccc2)cc1. The van der Waals surface area contributed by atoms with E-state index in [-0.39, 0.29) is 17.3 Å². The fourth-order valence-corrected chi connectivity index (χ4v) is 3.29. The van der Waals surface area contributed by atoms with E-state index in [2.05, 4.69) is 10.6 Å². The third-order valence-corrected chi connectivity index (χ3v) is 5.41. The van der Waals surface area contributed by atoms with Gasteiger partial charge >= 0.3 is 0 Å². The van der Waals surface area contributed by atoms with E-state index < -0.39 is 15.9 Å². The summed E-state index contributed by atoms with van der Waals surface area (Å²) in [5.41, 5.74) is 1.13. The smallest absolute Gasteiger partial charge is 0.243 e. The van der Waals surface area contributed by atoms with Gasteiger partial charge in [0.15, 0.2) is 0 Å². The van der Waals surface area contributed by atoms with Crippen molar-refractivity contribution in [1.29, 1.82) is 0 Å². The molecule has 0 saturated heterocycles. The first-order valence-corrected chi connectivity index (χ1v) is 9.48. The van der Waals surface area contributed by atoms with Crippen molar-refractivity contribution in [3.05, 3.63) is 54.6 Å². The fraction of sp³-hybridized carbons (Fsp3) is 0.222. The Morgan fingerprint density at radius 1 is 0.885 bits per heavy atom. The van der Waals surface area contributed by atoms with Crippen LogP contribution < -0.4 is 10.6 Å². The van der Waals surface area contributed by atoms with E-state index in [1.54, 1.807) is 49.4 Å². The Kier molecular flexibility index (Phi) is 6.48. The van der Waals surface area contributed by atoms with Crippen molar-refractivity contribution in [1.82, 2.24) is 4.31 Å². The van der Waals surface area contributed by atoms with E-state index in [1.165, 1.54) is 19.2 Å². The molecule has 0 saturated carbocycles. The van der Waals surface area contributed by atoms with Gasteiger partial charge in [-0.25, -0.2) is 8.42 Å². The molecule has 0 unspecified atom stereocenters. The summed E-state index contributed by atoms with van der Waals surface area (Å²) in [6.07, 6.45) is 0.376. The van der Waals surface area contributed by atoms with Crippen LogP contribution in [-0.2, 0) is 19.6 Å². The molecule has 0 spiro atoms. The molecule has 0 radical (unpaired) electrons. The Bertz CT molecular complexity index is 865. The van der Waals surface area contributed by atoms with Crippen molar-refractivity contribution in [2.75, 3.05) is 24.2 Å². The van der Waals surface area contributed by atoms with Crippen LogP contribution >= 0.6 is 0 Å². The van der Waals surface area contributed by atoms with Gasteiger partial charge in [0.05, 0.1) is 11.4 Å². The Morgan fingerprint density at radius 3 is 1.88 bits per heavy atom. The molecule has 7 nitrogen and oxygen atoms in total. The van der Waals surface area contributed by atoms with Crippen LogP contribution in [0.15, 0.2) is 59.5 Å². The number of carbonyl (C=O) groups is 2. The van der Waals surface area contributed by atoms with E-state index in [1.807, 2.05) is 0 Å². The standard InChI is InChI=1S/C18H21N3O4S/c1-3-17(22)19-14-9-11-15(12-10-14)20-18(23)13-21(2)26(24,25)16-7-5-4-6-8-16/h4-12H,3,13H2,1-2H3,(H,19,22)(H,20,23). The van der Waals surface area contributed by atoms with Crippen molar-refractivity contribution < 1.29 is 18.0 Å². The largest absolute Gasteiger partial charge is 0.326 e. The molecule has 2 N–H and O–H groups in total. The molecule has 8 heteroatoms. The van der Waals surface area contributed by atoms with E-state index >= 15 is 0 Å². The zero-order valence-electron chi connectivity index (χ0n) is 14.6. The molecule has 138 valence electrons. The maximum Gasteiger partial charge on any atom is 0.243 e. The highest BCUT2D eigenvalue weighted by molar-refractivity contribution is 7.89. The number of nitrogens with one attached hydrogen (secondary N) is 2. The van der Waals surface area contributed by atoms with Gasteiger partial charge in [-0.15, -0.1) is 0 Å². The minimum absolute atomic E-state index is 0.102. The van der Waals surface area contributed by atoms with Gasteiger partial charge in [-0.3, -0.25) is 9.59 Å². The Morgan fingerprint density at radius 2 is 1.38 bits per heavy atom. The molecule has 26 heavy (non-hydrogen) atoms. The predicted molar refractivity (Wildman–Crippen MR) is 100 cm³/mol. The van der Waals surface area contributed by atoms with E-state index in [4.69, 9.17) is 0 Å². The summed E-state index contributed by atoms with van der Waals surface area (Å²) < 4.78 is 25.8. The van der Waals surface area contributed by atoms with Crippen LogP contribution in [0.4, 0.5) is 11.4 Å². The third-order valence-electron chi connectivity index (χ3n) is 3.59. The van der Waals surface area contributed by atoms with Crippen molar-refractivity contribution in [2.45, 2.75) is 18.2 Å². The van der Waals surface area contributed by atoms with Crippen LogP contribution in [0.25, 0.3) is 0 Å². The van der Waals surface area contributed by atoms with Gasteiger partial charge in [0, 0.05) is 24.8 Å². The lowest BCUT2D eigenvalue weighted by Crippen LogP contribution is -2.34. The monoisotopic (exact) mass is 375 g/mol. The van der Waals surface area contributed by atoms with Gasteiger partial charge in [-0.05, 0) is 36.4 Å². The highest BCUT2D eigenvalue weighted by Crippen LogP contribution is 2.15. The molecule has 0 aliphatic carbocycles. The first-order chi connectivity index (χ1) is 12.3. The molecule has 0 heterocycles. The average molecular weight is 375 g/mol. The highest BCUT2D eigenvalue weighted by Gasteiger charge is 2.22. The molecule has 2 rings (SSSR count). The van der Waals surface area contributed by atoms with Crippen LogP contribution in [0, 0.1) is 0 Å². The summed E-state index contributed by atoms with van der Waals surface area (Å²) in [5.74, 6) is -0.563. The lowest BCUT2D eigenvalue weighted by atomic mass is 10.2. The summed E-state index contributed by atoms with van der Waals surface area (Å²) >= 11 is 0. The van der Waals surface area contributed by atoms with Crippen LogP contribution in [0.5, 0.6) is 0 Å². The minimum atomic E-state index is -3.72. The second-order valence-electron chi connectivity index (χ2n) is 5.60. The van der Waals surface area contributed by atoms with E-state index in [0.717, 1.165) is 4.31 Å². The number of nitrogens with zero attached hydrogens (tertiary/aromatic N) is 1. The number of anilines is 2. The molecule has 0 aromatic heterocycles. The molecule has 0 aliphatic rings. The maximum absolute atomic E-state index is 12.4. The Balaban J connectivity index is 1.97. The molecule has 2 aromatic rings. The van der Waals surface area contributed by atoms with Gasteiger partial charge in [0.25, 0.3) is 0 Å². The number of benzene rings is 2. The van der Waals surface area contributed by atoms with Crippen LogP contribution in [-0.4, -0.2) is 38.1 Å². The molecule has 2 aromatic carbocycles. The van der Waals surface area contributed by atoms with E-state index in [9.17, 15) is 18.0 Å². The summed E-state index contributed by atoms with van der Waals surface area (Å²) in [4.78, 5) is 23.6. The normalized spacial score (nSPS) is 11.2. The lowest BCUT2D eigenvalue weighted by molar-refractivity contribution is -0.116. The zero-order valence-corrected chi connectivity index (χ0v) is 15.4. The number of rotatable bonds is 7. The zero-order chi connectivity index (χ0) is 19.2. The van der Waals surface area contributed by atoms with Crippen molar-refractivity contribution in [3.63, 3.8) is 0 Å². The number of likely N-dealkylation sites (N-methyl/N-ethyl adjacent to an activating group) is 1. The van der Waals surface area contributed by atoms with E-state index in [0.29, 0.717) is 17.8 Å². The van der Waals surface area contributed by atoms with Gasteiger partial charge < -0.3 is 10.6 Å². The van der Waals surface area contributed by atoms with Crippen LogP contribution in [0.2, 0.25) is 0 Å². The number of carbonyl (C=O) groups excluding carboxylic acids is 2. The second kappa shape index (κ2) is 8.59. The molecular weight excluding hydrogens is 354 g/mol. The van der Waals surface area contributed by atoms with Crippen LogP contribution in [0.1, 0.15) is 13.3 Å². The number of sulfonamides is 1. The number of hydrogen-bond donors (Lipinski definition) is 2. The fourth-order valence-electron chi connectivity index (χ4n) is 2.15. The Labute approximate surface area is 153 Å². The first kappa shape index (κ1) is 19.6.